The number of hydrogen-bond donors (Lipinski definition) is 2. The highest BCUT2D eigenvalue weighted by Crippen LogP contribution is 2.15. The van der Waals surface area contributed by atoms with Gasteiger partial charge in [-0.05, 0) is 18.7 Å². The molecule has 0 unspecified atom stereocenters. The van der Waals surface area contributed by atoms with Gasteiger partial charge < -0.3 is 10.4 Å². The zero-order valence-electron chi connectivity index (χ0n) is 10.7. The van der Waals surface area contributed by atoms with Crippen LogP contribution in [0.15, 0.2) is 29.1 Å². The number of aromatic nitrogens is 2. The first-order valence-electron chi connectivity index (χ1n) is 6.01. The SMILES string of the molecule is CCNCc1nn(-c2ccc(F)cc2F)c(=O)cc1O. The number of nitrogens with zero attached hydrogens (tertiary/aromatic N) is 2. The Morgan fingerprint density at radius 1 is 1.35 bits per heavy atom. The van der Waals surface area contributed by atoms with Crippen molar-refractivity contribution in [1.82, 2.24) is 15.1 Å². The number of halogens is 2. The fourth-order valence-electron chi connectivity index (χ4n) is 1.68. The van der Waals surface area contributed by atoms with Gasteiger partial charge in [0, 0.05) is 18.7 Å². The van der Waals surface area contributed by atoms with Crippen molar-refractivity contribution in [2.24, 2.45) is 0 Å². The van der Waals surface area contributed by atoms with Gasteiger partial charge in [0.05, 0.1) is 0 Å². The third kappa shape index (κ3) is 2.83. The molecule has 0 aliphatic heterocycles. The van der Waals surface area contributed by atoms with Gasteiger partial charge in [0.1, 0.15) is 22.9 Å². The second-order valence-corrected chi connectivity index (χ2v) is 4.10. The van der Waals surface area contributed by atoms with Crippen molar-refractivity contribution in [2.45, 2.75) is 13.5 Å². The molecule has 0 aliphatic carbocycles. The van der Waals surface area contributed by atoms with E-state index in [1.165, 1.54) is 0 Å². The monoisotopic (exact) mass is 281 g/mol. The van der Waals surface area contributed by atoms with Gasteiger partial charge in [0.25, 0.3) is 5.56 Å². The van der Waals surface area contributed by atoms with Gasteiger partial charge >= 0.3 is 0 Å². The maximum atomic E-state index is 13.7. The lowest BCUT2D eigenvalue weighted by Gasteiger charge is -2.09. The van der Waals surface area contributed by atoms with E-state index in [0.29, 0.717) is 12.6 Å². The predicted octanol–water partition coefficient (Wildman–Crippen LogP) is 1.33. The molecule has 106 valence electrons. The van der Waals surface area contributed by atoms with E-state index in [4.69, 9.17) is 0 Å². The van der Waals surface area contributed by atoms with Crippen LogP contribution in [0.25, 0.3) is 5.69 Å². The average molecular weight is 281 g/mol. The van der Waals surface area contributed by atoms with E-state index < -0.39 is 17.2 Å². The molecule has 0 spiro atoms. The molecule has 2 rings (SSSR count). The summed E-state index contributed by atoms with van der Waals surface area (Å²) in [7, 11) is 0. The minimum Gasteiger partial charge on any atom is -0.506 e. The van der Waals surface area contributed by atoms with E-state index in [2.05, 4.69) is 10.4 Å². The molecule has 20 heavy (non-hydrogen) atoms. The lowest BCUT2D eigenvalue weighted by atomic mass is 10.3. The van der Waals surface area contributed by atoms with E-state index in [1.54, 1.807) is 0 Å². The Balaban J connectivity index is 2.53. The molecule has 2 aromatic rings. The number of benzene rings is 1. The second kappa shape index (κ2) is 5.79. The number of aromatic hydroxyl groups is 1. The summed E-state index contributed by atoms with van der Waals surface area (Å²) < 4.78 is 27.4. The highest BCUT2D eigenvalue weighted by atomic mass is 19.1. The molecule has 0 radical (unpaired) electrons. The minimum absolute atomic E-state index is 0.172. The largest absolute Gasteiger partial charge is 0.506 e. The van der Waals surface area contributed by atoms with Crippen LogP contribution in [0.1, 0.15) is 12.6 Å². The molecular formula is C13H13F2N3O2. The van der Waals surface area contributed by atoms with Crippen LogP contribution < -0.4 is 10.9 Å². The Bertz CT molecular complexity index is 686. The van der Waals surface area contributed by atoms with Gasteiger partial charge in [0.15, 0.2) is 5.82 Å². The first-order valence-corrected chi connectivity index (χ1v) is 6.01. The normalized spacial score (nSPS) is 10.8. The van der Waals surface area contributed by atoms with Gasteiger partial charge in [0.2, 0.25) is 0 Å². The van der Waals surface area contributed by atoms with Crippen molar-refractivity contribution in [3.8, 4) is 11.4 Å². The summed E-state index contributed by atoms with van der Waals surface area (Å²) in [6.45, 7) is 2.74. The molecule has 0 saturated carbocycles. The summed E-state index contributed by atoms with van der Waals surface area (Å²) in [6, 6.07) is 3.76. The van der Waals surface area contributed by atoms with Crippen molar-refractivity contribution in [3.05, 3.63) is 51.9 Å². The third-order valence-corrected chi connectivity index (χ3v) is 2.67. The van der Waals surface area contributed by atoms with Crippen LogP contribution in [-0.4, -0.2) is 21.4 Å². The average Bonchev–Trinajstić information content (AvgIpc) is 2.39. The molecule has 1 aromatic carbocycles. The van der Waals surface area contributed by atoms with Crippen LogP contribution in [0.2, 0.25) is 0 Å². The predicted molar refractivity (Wildman–Crippen MR) is 68.8 cm³/mol. The van der Waals surface area contributed by atoms with Gasteiger partial charge in [-0.25, -0.2) is 8.78 Å². The van der Waals surface area contributed by atoms with Crippen molar-refractivity contribution in [1.29, 1.82) is 0 Å². The lowest BCUT2D eigenvalue weighted by Crippen LogP contribution is -2.24. The summed E-state index contributed by atoms with van der Waals surface area (Å²) in [4.78, 5) is 11.8. The van der Waals surface area contributed by atoms with E-state index in [1.807, 2.05) is 6.92 Å². The molecule has 0 fully saturated rings. The van der Waals surface area contributed by atoms with Crippen molar-refractivity contribution < 1.29 is 13.9 Å². The van der Waals surface area contributed by atoms with Gasteiger partial charge in [-0.2, -0.15) is 9.78 Å². The topological polar surface area (TPSA) is 67.2 Å². The molecule has 0 amide bonds. The zero-order chi connectivity index (χ0) is 14.7. The quantitative estimate of drug-likeness (QED) is 0.887. The van der Waals surface area contributed by atoms with E-state index in [-0.39, 0.29) is 23.7 Å². The van der Waals surface area contributed by atoms with Gasteiger partial charge in [-0.15, -0.1) is 0 Å². The van der Waals surface area contributed by atoms with Crippen LogP contribution in [0.5, 0.6) is 5.75 Å². The van der Waals surface area contributed by atoms with Crippen LogP contribution in [0.3, 0.4) is 0 Å². The fourth-order valence-corrected chi connectivity index (χ4v) is 1.68. The van der Waals surface area contributed by atoms with Crippen molar-refractivity contribution in [2.75, 3.05) is 6.54 Å². The number of nitrogens with one attached hydrogen (secondary N) is 1. The van der Waals surface area contributed by atoms with Gasteiger partial charge in [-0.1, -0.05) is 6.92 Å². The molecule has 0 aliphatic rings. The molecule has 1 aromatic heterocycles. The fraction of sp³-hybridized carbons (Fsp3) is 0.231. The summed E-state index contributed by atoms with van der Waals surface area (Å²) >= 11 is 0. The Hall–Kier alpha value is -2.28. The molecule has 2 N–H and O–H groups in total. The Labute approximate surface area is 113 Å². The van der Waals surface area contributed by atoms with Crippen LogP contribution in [0, 0.1) is 11.6 Å². The first-order chi connectivity index (χ1) is 9.52. The zero-order valence-corrected chi connectivity index (χ0v) is 10.7. The van der Waals surface area contributed by atoms with E-state index in [9.17, 15) is 18.7 Å². The first kappa shape index (κ1) is 14.1. The molecule has 1 heterocycles. The highest BCUT2D eigenvalue weighted by molar-refractivity contribution is 5.34. The molecular weight excluding hydrogens is 268 g/mol. The Kier molecular flexibility index (Phi) is 4.09. The minimum atomic E-state index is -0.903. The Morgan fingerprint density at radius 3 is 2.75 bits per heavy atom. The summed E-state index contributed by atoms with van der Waals surface area (Å²) in [5.74, 6) is -1.92. The molecule has 7 heteroatoms. The summed E-state index contributed by atoms with van der Waals surface area (Å²) in [5.41, 5.74) is -0.669. The number of hydrogen-bond acceptors (Lipinski definition) is 4. The number of rotatable bonds is 4. The standard InChI is InChI=1S/C13H13F2N3O2/c1-2-16-7-10-12(19)6-13(20)18(17-10)11-4-3-8(14)5-9(11)15/h3-6,16,19H,2,7H2,1H3. The van der Waals surface area contributed by atoms with E-state index >= 15 is 0 Å². The van der Waals surface area contributed by atoms with Crippen LogP contribution in [0.4, 0.5) is 8.78 Å². The summed E-state index contributed by atoms with van der Waals surface area (Å²) in [5, 5.41) is 16.5. The molecule has 0 saturated heterocycles. The van der Waals surface area contributed by atoms with E-state index in [0.717, 1.165) is 22.9 Å². The third-order valence-electron chi connectivity index (χ3n) is 2.67. The molecule has 5 nitrogen and oxygen atoms in total. The van der Waals surface area contributed by atoms with Gasteiger partial charge in [-0.3, -0.25) is 4.79 Å². The highest BCUT2D eigenvalue weighted by Gasteiger charge is 2.12. The Morgan fingerprint density at radius 2 is 2.10 bits per heavy atom. The molecule has 0 bridgehead atoms. The summed E-state index contributed by atoms with van der Waals surface area (Å²) in [6.07, 6.45) is 0. The van der Waals surface area contributed by atoms with Crippen molar-refractivity contribution in [3.63, 3.8) is 0 Å². The lowest BCUT2D eigenvalue weighted by molar-refractivity contribution is 0.451. The maximum Gasteiger partial charge on any atom is 0.275 e. The smallest absolute Gasteiger partial charge is 0.275 e. The van der Waals surface area contributed by atoms with Crippen molar-refractivity contribution >= 4 is 0 Å². The maximum absolute atomic E-state index is 13.7. The van der Waals surface area contributed by atoms with Crippen LogP contribution in [-0.2, 0) is 6.54 Å². The second-order valence-electron chi connectivity index (χ2n) is 4.10. The van der Waals surface area contributed by atoms with Crippen LogP contribution >= 0.6 is 0 Å². The molecule has 0 atom stereocenters.